The first-order valence-electron chi connectivity index (χ1n) is 5.14. The maximum absolute atomic E-state index is 11.4. The predicted molar refractivity (Wildman–Crippen MR) is 68.9 cm³/mol. The van der Waals surface area contributed by atoms with Crippen LogP contribution in [0.4, 0.5) is 0 Å². The highest BCUT2D eigenvalue weighted by atomic mass is 35.5. The molecule has 5 heteroatoms. The highest BCUT2D eigenvalue weighted by Crippen LogP contribution is 2.21. The average molecular weight is 253 g/mol. The molecule has 1 heterocycles. The maximum atomic E-state index is 11.4. The summed E-state index contributed by atoms with van der Waals surface area (Å²) >= 11 is 1.88. The number of nitrogens with one attached hydrogen (secondary N) is 2. The zero-order chi connectivity index (χ0) is 10.6. The van der Waals surface area contributed by atoms with Gasteiger partial charge in [-0.2, -0.15) is 11.8 Å². The zero-order valence-electron chi connectivity index (χ0n) is 9.63. The van der Waals surface area contributed by atoms with Crippen molar-refractivity contribution in [2.45, 2.75) is 38.0 Å². The number of halogens is 1. The highest BCUT2D eigenvalue weighted by molar-refractivity contribution is 8.00. The molecule has 90 valence electrons. The van der Waals surface area contributed by atoms with E-state index in [0.29, 0.717) is 4.75 Å². The second-order valence-electron chi connectivity index (χ2n) is 4.55. The molecule has 15 heavy (non-hydrogen) atoms. The lowest BCUT2D eigenvalue weighted by Crippen LogP contribution is -2.53. The predicted octanol–water partition coefficient (Wildman–Crippen LogP) is 1.42. The van der Waals surface area contributed by atoms with Crippen molar-refractivity contribution in [2.75, 3.05) is 18.8 Å². The number of hydrogen-bond acceptors (Lipinski definition) is 3. The van der Waals surface area contributed by atoms with Gasteiger partial charge in [-0.3, -0.25) is 4.79 Å². The van der Waals surface area contributed by atoms with Gasteiger partial charge in [0.1, 0.15) is 0 Å². The molecule has 0 radical (unpaired) electrons. The van der Waals surface area contributed by atoms with Crippen molar-refractivity contribution in [3.05, 3.63) is 0 Å². The van der Waals surface area contributed by atoms with Crippen LogP contribution in [-0.2, 0) is 4.79 Å². The molecule has 0 saturated carbocycles. The van der Waals surface area contributed by atoms with E-state index < -0.39 is 0 Å². The largest absolute Gasteiger partial charge is 0.354 e. The van der Waals surface area contributed by atoms with Crippen LogP contribution >= 0.6 is 24.2 Å². The summed E-state index contributed by atoms with van der Waals surface area (Å²) in [6.07, 6.45) is 0.984. The number of carbonyl (C=O) groups is 1. The Morgan fingerprint density at radius 1 is 1.53 bits per heavy atom. The van der Waals surface area contributed by atoms with Crippen LogP contribution in [0, 0.1) is 0 Å². The van der Waals surface area contributed by atoms with Gasteiger partial charge in [0.05, 0.1) is 6.04 Å². The lowest BCUT2D eigenvalue weighted by Gasteiger charge is -2.26. The van der Waals surface area contributed by atoms with Gasteiger partial charge in [-0.05, 0) is 13.0 Å². The average Bonchev–Trinajstić information content (AvgIpc) is 1.92. The summed E-state index contributed by atoms with van der Waals surface area (Å²) in [7, 11) is 0. The fourth-order valence-electron chi connectivity index (χ4n) is 1.17. The third-order valence-electron chi connectivity index (χ3n) is 2.08. The normalized spacial score (nSPS) is 20.1. The molecule has 3 nitrogen and oxygen atoms in total. The minimum absolute atomic E-state index is 0. The summed E-state index contributed by atoms with van der Waals surface area (Å²) < 4.78 is 0.291. The monoisotopic (exact) mass is 252 g/mol. The Hall–Kier alpha value is 0.0700. The van der Waals surface area contributed by atoms with Crippen LogP contribution in [0.1, 0.15) is 27.2 Å². The van der Waals surface area contributed by atoms with E-state index in [2.05, 4.69) is 31.4 Å². The first kappa shape index (κ1) is 15.1. The third kappa shape index (κ3) is 6.28. The van der Waals surface area contributed by atoms with Crippen LogP contribution in [0.5, 0.6) is 0 Å². The van der Waals surface area contributed by atoms with Crippen molar-refractivity contribution in [1.29, 1.82) is 0 Å². The molecule has 1 saturated heterocycles. The highest BCUT2D eigenvalue weighted by Gasteiger charge is 2.23. The van der Waals surface area contributed by atoms with Crippen LogP contribution in [0.25, 0.3) is 0 Å². The molecule has 1 rings (SSSR count). The zero-order valence-corrected chi connectivity index (χ0v) is 11.3. The van der Waals surface area contributed by atoms with Gasteiger partial charge in [-0.25, -0.2) is 0 Å². The first-order valence-corrected chi connectivity index (χ1v) is 6.13. The van der Waals surface area contributed by atoms with E-state index in [-0.39, 0.29) is 24.4 Å². The number of hydrogen-bond donors (Lipinski definition) is 2. The van der Waals surface area contributed by atoms with E-state index in [1.807, 2.05) is 11.8 Å². The second-order valence-corrected chi connectivity index (χ2v) is 6.47. The Labute approximate surface area is 103 Å². The molecule has 1 atom stereocenters. The fourth-order valence-corrected chi connectivity index (χ4v) is 1.98. The molecular weight excluding hydrogens is 232 g/mol. The van der Waals surface area contributed by atoms with Gasteiger partial charge in [0.2, 0.25) is 5.91 Å². The smallest absolute Gasteiger partial charge is 0.237 e. The Morgan fingerprint density at radius 3 is 2.53 bits per heavy atom. The molecule has 0 spiro atoms. The summed E-state index contributed by atoms with van der Waals surface area (Å²) in [6, 6.07) is 0.0784. The van der Waals surface area contributed by atoms with E-state index in [0.717, 1.165) is 25.3 Å². The van der Waals surface area contributed by atoms with E-state index >= 15 is 0 Å². The van der Waals surface area contributed by atoms with Gasteiger partial charge < -0.3 is 10.6 Å². The van der Waals surface area contributed by atoms with Gasteiger partial charge in [0.15, 0.2) is 0 Å². The van der Waals surface area contributed by atoms with Crippen molar-refractivity contribution in [3.8, 4) is 0 Å². The minimum atomic E-state index is 0. The van der Waals surface area contributed by atoms with Crippen LogP contribution in [-0.4, -0.2) is 35.5 Å². The topological polar surface area (TPSA) is 41.1 Å². The number of rotatable bonds is 4. The molecule has 1 fully saturated rings. The Kier molecular flexibility index (Phi) is 6.64. The van der Waals surface area contributed by atoms with Crippen LogP contribution in [0.2, 0.25) is 0 Å². The molecule has 1 amide bonds. The molecule has 0 aromatic carbocycles. The lowest BCUT2D eigenvalue weighted by molar-refractivity contribution is -0.124. The third-order valence-corrected chi connectivity index (χ3v) is 3.35. The summed E-state index contributed by atoms with van der Waals surface area (Å²) in [6.45, 7) is 8.32. The molecular formula is C10H21ClN2OS. The second kappa shape index (κ2) is 6.61. The van der Waals surface area contributed by atoms with E-state index in [1.165, 1.54) is 0 Å². The summed E-state index contributed by atoms with van der Waals surface area (Å²) in [5.74, 6) is 1.15. The molecule has 2 N–H and O–H groups in total. The van der Waals surface area contributed by atoms with Crippen molar-refractivity contribution >= 4 is 30.1 Å². The molecule has 0 unspecified atom stereocenters. The molecule has 1 aliphatic rings. The lowest BCUT2D eigenvalue weighted by atomic mass is 10.1. The number of thioether (sulfide) groups is 1. The fraction of sp³-hybridized carbons (Fsp3) is 0.900. The molecule has 0 aliphatic carbocycles. The Bertz CT molecular complexity index is 202. The van der Waals surface area contributed by atoms with Gasteiger partial charge >= 0.3 is 0 Å². The van der Waals surface area contributed by atoms with Crippen molar-refractivity contribution in [3.63, 3.8) is 0 Å². The first-order chi connectivity index (χ1) is 6.49. The Balaban J connectivity index is 0.00000196. The van der Waals surface area contributed by atoms with Crippen molar-refractivity contribution < 1.29 is 4.79 Å². The summed E-state index contributed by atoms with van der Waals surface area (Å²) in [5, 5.41) is 6.02. The minimum Gasteiger partial charge on any atom is -0.354 e. The number of carbonyl (C=O) groups excluding carboxylic acids is 1. The molecule has 1 aliphatic heterocycles. The standard InChI is InChI=1S/C10H20N2OS.ClH/c1-10(2,3)14-7-6-12-9(13)8-4-5-11-8;/h8,11H,4-7H2,1-3H3,(H,12,13);1H/t8-;/m1./s1. The van der Waals surface area contributed by atoms with E-state index in [1.54, 1.807) is 0 Å². The van der Waals surface area contributed by atoms with Crippen LogP contribution in [0.3, 0.4) is 0 Å². The number of amides is 1. The SMILES string of the molecule is CC(C)(C)SCCNC(=O)[C@H]1CCN1.Cl. The Morgan fingerprint density at radius 2 is 2.13 bits per heavy atom. The molecule has 0 aromatic heterocycles. The molecule has 0 bridgehead atoms. The van der Waals surface area contributed by atoms with Gasteiger partial charge in [-0.1, -0.05) is 20.8 Å². The van der Waals surface area contributed by atoms with Crippen LogP contribution in [0.15, 0.2) is 0 Å². The van der Waals surface area contributed by atoms with Crippen LogP contribution < -0.4 is 10.6 Å². The van der Waals surface area contributed by atoms with Gasteiger partial charge in [0.25, 0.3) is 0 Å². The summed E-state index contributed by atoms with van der Waals surface area (Å²) in [4.78, 5) is 11.4. The van der Waals surface area contributed by atoms with Crippen molar-refractivity contribution in [1.82, 2.24) is 10.6 Å². The quantitative estimate of drug-likeness (QED) is 0.744. The van der Waals surface area contributed by atoms with Crippen molar-refractivity contribution in [2.24, 2.45) is 0 Å². The van der Waals surface area contributed by atoms with Gasteiger partial charge in [-0.15, -0.1) is 12.4 Å². The van der Waals surface area contributed by atoms with Gasteiger partial charge in [0, 0.05) is 17.0 Å². The van der Waals surface area contributed by atoms with E-state index in [9.17, 15) is 4.79 Å². The molecule has 0 aromatic rings. The maximum Gasteiger partial charge on any atom is 0.237 e. The summed E-state index contributed by atoms with van der Waals surface area (Å²) in [5.41, 5.74) is 0. The van der Waals surface area contributed by atoms with E-state index in [4.69, 9.17) is 0 Å².